The van der Waals surface area contributed by atoms with Gasteiger partial charge in [-0.15, -0.1) is 0 Å². The van der Waals surface area contributed by atoms with Gasteiger partial charge in [-0.25, -0.2) is 0 Å². The molecule has 0 unspecified atom stereocenters. The van der Waals surface area contributed by atoms with E-state index in [4.69, 9.17) is 0 Å². The summed E-state index contributed by atoms with van der Waals surface area (Å²) in [7, 11) is 0. The minimum Gasteiger partial charge on any atom is -0.310 e. The Morgan fingerprint density at radius 1 is 0.468 bits per heavy atom. The van der Waals surface area contributed by atoms with Gasteiger partial charge in [0.05, 0.1) is 16.7 Å². The topological polar surface area (TPSA) is 8.17 Å². The third-order valence-electron chi connectivity index (χ3n) is 9.10. The Bertz CT molecular complexity index is 2390. The summed E-state index contributed by atoms with van der Waals surface area (Å²) in [5.74, 6) is 0. The summed E-state index contributed by atoms with van der Waals surface area (Å²) in [6, 6.07) is 59.0. The highest BCUT2D eigenvalue weighted by atomic mass is 79.9. The van der Waals surface area contributed by atoms with Gasteiger partial charge in [-0.1, -0.05) is 107 Å². The van der Waals surface area contributed by atoms with Crippen LogP contribution in [0.5, 0.6) is 0 Å². The number of rotatable bonds is 6. The molecule has 0 fully saturated rings. The fraction of sp³-hybridized carbons (Fsp3) is 0.0455. The van der Waals surface area contributed by atoms with E-state index in [1.54, 1.807) is 0 Å². The third kappa shape index (κ3) is 5.23. The van der Waals surface area contributed by atoms with Gasteiger partial charge in [0.1, 0.15) is 0 Å². The van der Waals surface area contributed by atoms with Crippen LogP contribution in [0.15, 0.2) is 168 Å². The van der Waals surface area contributed by atoms with E-state index in [1.165, 1.54) is 49.6 Å². The van der Waals surface area contributed by atoms with Crippen LogP contribution in [0.25, 0.3) is 49.7 Å². The second kappa shape index (κ2) is 12.1. The van der Waals surface area contributed by atoms with Crippen LogP contribution in [-0.2, 0) is 0 Å². The summed E-state index contributed by atoms with van der Waals surface area (Å²) in [4.78, 5) is 2.38. The molecule has 7 aromatic carbocycles. The molecule has 1 heterocycles. The lowest BCUT2D eigenvalue weighted by Gasteiger charge is -2.28. The van der Waals surface area contributed by atoms with E-state index in [-0.39, 0.29) is 0 Å². The summed E-state index contributed by atoms with van der Waals surface area (Å²) in [6.45, 7) is 4.43. The maximum Gasteiger partial charge on any atom is 0.0547 e. The van der Waals surface area contributed by atoms with Crippen molar-refractivity contribution in [1.82, 2.24) is 4.57 Å². The summed E-state index contributed by atoms with van der Waals surface area (Å²) >= 11 is 3.70. The maximum absolute atomic E-state index is 3.70. The van der Waals surface area contributed by atoms with Crippen molar-refractivity contribution in [3.8, 4) is 27.9 Å². The lowest BCUT2D eigenvalue weighted by Crippen LogP contribution is -2.11. The average Bonchev–Trinajstić information content (AvgIpc) is 3.42. The molecular formula is C44H33BrN2. The first-order valence-electron chi connectivity index (χ1n) is 16.0. The molecule has 0 N–H and O–H groups in total. The first kappa shape index (κ1) is 29.1. The summed E-state index contributed by atoms with van der Waals surface area (Å²) in [5.41, 5.74) is 14.3. The molecule has 2 nitrogen and oxygen atoms in total. The standard InChI is InChI=1S/C44H33BrN2/c1-30-14-9-10-21-37(30)39-29-44-40(26-31(39)2)41-28-36(24-25-43(41)47(44)35-19-7-4-8-20-35)46(34-17-5-3-6-18-34)42-23-12-11-22-38(42)32-15-13-16-33(45)27-32/h3-29H,1-2H3. The van der Waals surface area contributed by atoms with Gasteiger partial charge in [-0.3, -0.25) is 0 Å². The predicted molar refractivity (Wildman–Crippen MR) is 204 cm³/mol. The van der Waals surface area contributed by atoms with Crippen molar-refractivity contribution in [1.29, 1.82) is 0 Å². The third-order valence-corrected chi connectivity index (χ3v) is 9.59. The molecule has 0 atom stereocenters. The van der Waals surface area contributed by atoms with Gasteiger partial charge in [-0.05, 0) is 114 Å². The zero-order valence-corrected chi connectivity index (χ0v) is 27.9. The Hall–Kier alpha value is -5.38. The number of fused-ring (bicyclic) bond motifs is 3. The number of benzene rings is 7. The fourth-order valence-electron chi connectivity index (χ4n) is 6.89. The zero-order valence-electron chi connectivity index (χ0n) is 26.4. The molecule has 0 aliphatic carbocycles. The number of nitrogens with zero attached hydrogens (tertiary/aromatic N) is 2. The summed E-state index contributed by atoms with van der Waals surface area (Å²) in [6.07, 6.45) is 0. The second-order valence-corrected chi connectivity index (χ2v) is 13.0. The predicted octanol–water partition coefficient (Wildman–Crippen LogP) is 13.0. The Morgan fingerprint density at radius 2 is 1.15 bits per heavy atom. The molecule has 226 valence electrons. The van der Waals surface area contributed by atoms with Gasteiger partial charge in [-0.2, -0.15) is 0 Å². The molecule has 0 amide bonds. The van der Waals surface area contributed by atoms with Gasteiger partial charge >= 0.3 is 0 Å². The van der Waals surface area contributed by atoms with Gasteiger partial charge in [0.15, 0.2) is 0 Å². The Balaban J connectivity index is 1.40. The number of halogens is 1. The first-order valence-corrected chi connectivity index (χ1v) is 16.8. The van der Waals surface area contributed by atoms with E-state index in [0.29, 0.717) is 0 Å². The van der Waals surface area contributed by atoms with Crippen molar-refractivity contribution in [3.05, 3.63) is 179 Å². The highest BCUT2D eigenvalue weighted by Crippen LogP contribution is 2.44. The van der Waals surface area contributed by atoms with Crippen LogP contribution in [0.4, 0.5) is 17.1 Å². The van der Waals surface area contributed by atoms with Crippen molar-refractivity contribution in [2.75, 3.05) is 4.90 Å². The van der Waals surface area contributed by atoms with E-state index >= 15 is 0 Å². The molecule has 0 radical (unpaired) electrons. The molecule has 0 spiro atoms. The number of para-hydroxylation sites is 3. The molecule has 0 aliphatic heterocycles. The van der Waals surface area contributed by atoms with Gasteiger partial charge in [0.25, 0.3) is 0 Å². The zero-order chi connectivity index (χ0) is 31.9. The van der Waals surface area contributed by atoms with E-state index < -0.39 is 0 Å². The Kier molecular flexibility index (Phi) is 7.47. The van der Waals surface area contributed by atoms with Crippen LogP contribution in [-0.4, -0.2) is 4.57 Å². The molecule has 8 aromatic rings. The monoisotopic (exact) mass is 668 g/mol. The van der Waals surface area contributed by atoms with E-state index in [9.17, 15) is 0 Å². The largest absolute Gasteiger partial charge is 0.310 e. The van der Waals surface area contributed by atoms with Crippen LogP contribution in [0.2, 0.25) is 0 Å². The number of hydrogen-bond donors (Lipinski definition) is 0. The number of aryl methyl sites for hydroxylation is 2. The number of hydrogen-bond acceptors (Lipinski definition) is 1. The van der Waals surface area contributed by atoms with Gasteiger partial charge in [0.2, 0.25) is 0 Å². The number of aromatic nitrogens is 1. The van der Waals surface area contributed by atoms with Crippen LogP contribution < -0.4 is 4.90 Å². The molecule has 47 heavy (non-hydrogen) atoms. The van der Waals surface area contributed by atoms with Crippen molar-refractivity contribution in [3.63, 3.8) is 0 Å². The Morgan fingerprint density at radius 3 is 1.91 bits per heavy atom. The summed E-state index contributed by atoms with van der Waals surface area (Å²) < 4.78 is 3.48. The normalized spacial score (nSPS) is 11.3. The van der Waals surface area contributed by atoms with Gasteiger partial charge in [0, 0.05) is 37.9 Å². The van der Waals surface area contributed by atoms with Crippen LogP contribution in [0.3, 0.4) is 0 Å². The summed E-state index contributed by atoms with van der Waals surface area (Å²) in [5, 5.41) is 2.47. The lowest BCUT2D eigenvalue weighted by atomic mass is 9.95. The van der Waals surface area contributed by atoms with Crippen LogP contribution in [0.1, 0.15) is 11.1 Å². The smallest absolute Gasteiger partial charge is 0.0547 e. The maximum atomic E-state index is 3.70. The highest BCUT2D eigenvalue weighted by molar-refractivity contribution is 9.10. The van der Waals surface area contributed by atoms with Crippen molar-refractivity contribution in [2.45, 2.75) is 13.8 Å². The van der Waals surface area contributed by atoms with Crippen LogP contribution >= 0.6 is 15.9 Å². The van der Waals surface area contributed by atoms with E-state index in [0.717, 1.165) is 32.8 Å². The molecular weight excluding hydrogens is 636 g/mol. The fourth-order valence-corrected chi connectivity index (χ4v) is 7.29. The molecule has 8 rings (SSSR count). The molecule has 0 aliphatic rings. The quantitative estimate of drug-likeness (QED) is 0.171. The van der Waals surface area contributed by atoms with Crippen molar-refractivity contribution >= 4 is 54.8 Å². The van der Waals surface area contributed by atoms with E-state index in [2.05, 4.69) is 203 Å². The molecule has 1 aromatic heterocycles. The van der Waals surface area contributed by atoms with Crippen molar-refractivity contribution in [2.24, 2.45) is 0 Å². The minimum absolute atomic E-state index is 1.06. The average molecular weight is 670 g/mol. The lowest BCUT2D eigenvalue weighted by molar-refractivity contribution is 1.18. The molecule has 0 saturated heterocycles. The SMILES string of the molecule is Cc1ccccc1-c1cc2c(cc1C)c1cc(N(c3ccccc3)c3ccccc3-c3cccc(Br)c3)ccc1n2-c1ccccc1. The second-order valence-electron chi connectivity index (χ2n) is 12.1. The number of anilines is 3. The highest BCUT2D eigenvalue weighted by Gasteiger charge is 2.21. The molecule has 3 heteroatoms. The van der Waals surface area contributed by atoms with E-state index in [1.807, 2.05) is 0 Å². The molecule has 0 saturated carbocycles. The Labute approximate surface area is 284 Å². The first-order chi connectivity index (χ1) is 23.1. The van der Waals surface area contributed by atoms with Gasteiger partial charge < -0.3 is 9.47 Å². The van der Waals surface area contributed by atoms with Crippen molar-refractivity contribution < 1.29 is 0 Å². The van der Waals surface area contributed by atoms with Crippen LogP contribution in [0, 0.1) is 13.8 Å². The molecule has 0 bridgehead atoms. The minimum atomic E-state index is 1.06.